The molecule has 0 radical (unpaired) electrons. The van der Waals surface area contributed by atoms with E-state index in [1.54, 1.807) is 18.2 Å². The van der Waals surface area contributed by atoms with Crippen molar-refractivity contribution in [3.63, 3.8) is 0 Å². The molecule has 2 N–H and O–H groups in total. The number of nitrogens with zero attached hydrogens (tertiary/aromatic N) is 1. The van der Waals surface area contributed by atoms with Crippen LogP contribution in [0.2, 0.25) is 0 Å². The monoisotopic (exact) mass is 298 g/mol. The van der Waals surface area contributed by atoms with Gasteiger partial charge in [-0.2, -0.15) is 0 Å². The zero-order chi connectivity index (χ0) is 14.8. The van der Waals surface area contributed by atoms with E-state index in [0.29, 0.717) is 5.56 Å². The molecule has 7 nitrogen and oxygen atoms in total. The van der Waals surface area contributed by atoms with Crippen LogP contribution in [-0.2, 0) is 19.6 Å². The highest BCUT2D eigenvalue weighted by Gasteiger charge is 2.30. The maximum Gasteiger partial charge on any atom is 0.306 e. The second-order valence-electron chi connectivity index (χ2n) is 4.25. The molecular formula is C12H14N2O5S. The van der Waals surface area contributed by atoms with Crippen LogP contribution in [0, 0.1) is 0 Å². The minimum atomic E-state index is -3.57. The molecule has 0 amide bonds. The number of nitrogens with one attached hydrogen (secondary N) is 1. The minimum Gasteiger partial charge on any atom is -0.481 e. The Morgan fingerprint density at radius 3 is 2.80 bits per heavy atom. The van der Waals surface area contributed by atoms with E-state index in [1.807, 2.05) is 0 Å². The van der Waals surface area contributed by atoms with Crippen molar-refractivity contribution in [1.82, 2.24) is 4.72 Å². The maximum absolute atomic E-state index is 11.8. The molecule has 0 bridgehead atoms. The molecule has 1 heterocycles. The second kappa shape index (κ2) is 5.59. The van der Waals surface area contributed by atoms with E-state index < -0.39 is 22.1 Å². The fraction of sp³-hybridized carbons (Fsp3) is 0.333. The predicted molar refractivity (Wildman–Crippen MR) is 71.2 cm³/mol. The molecule has 0 saturated heterocycles. The normalized spacial score (nSPS) is 19.4. The molecule has 2 rings (SSSR count). The number of aliphatic carboxylic acids is 1. The standard InChI is InChI=1S/C12H14N2O5S/c1-19-8(6-11(15)16)7-13-12-9-4-2-3-5-10(9)20(17,18)14-12/h2-5,8H,6-7H2,1H3,(H,13,14)(H,15,16). The summed E-state index contributed by atoms with van der Waals surface area (Å²) in [4.78, 5) is 14.9. The topological polar surface area (TPSA) is 105 Å². The Morgan fingerprint density at radius 2 is 2.15 bits per heavy atom. The quantitative estimate of drug-likeness (QED) is 0.808. The summed E-state index contributed by atoms with van der Waals surface area (Å²) in [6.45, 7) is 0.0645. The first-order chi connectivity index (χ1) is 9.44. The highest BCUT2D eigenvalue weighted by atomic mass is 32.2. The highest BCUT2D eigenvalue weighted by Crippen LogP contribution is 2.22. The number of hydrogen-bond donors (Lipinski definition) is 2. The van der Waals surface area contributed by atoms with Gasteiger partial charge in [0, 0.05) is 12.7 Å². The fourth-order valence-electron chi connectivity index (χ4n) is 1.86. The number of aliphatic imine (C=N–C) groups is 1. The van der Waals surface area contributed by atoms with Gasteiger partial charge in [0.1, 0.15) is 5.84 Å². The average molecular weight is 298 g/mol. The third kappa shape index (κ3) is 2.97. The number of rotatable bonds is 5. The number of methoxy groups -OCH3 is 1. The lowest BCUT2D eigenvalue weighted by molar-refractivity contribution is -0.139. The molecule has 1 aromatic carbocycles. The third-order valence-electron chi connectivity index (χ3n) is 2.85. The Bertz CT molecular complexity index is 654. The summed E-state index contributed by atoms with van der Waals surface area (Å²) in [6.07, 6.45) is -0.793. The molecule has 0 spiro atoms. The van der Waals surface area contributed by atoms with Crippen LogP contribution in [0.4, 0.5) is 0 Å². The van der Waals surface area contributed by atoms with Gasteiger partial charge < -0.3 is 9.84 Å². The summed E-state index contributed by atoms with van der Waals surface area (Å²) >= 11 is 0. The molecule has 20 heavy (non-hydrogen) atoms. The molecule has 0 saturated carbocycles. The highest BCUT2D eigenvalue weighted by molar-refractivity contribution is 7.90. The van der Waals surface area contributed by atoms with Crippen LogP contribution in [0.15, 0.2) is 34.2 Å². The Balaban J connectivity index is 2.23. The van der Waals surface area contributed by atoms with E-state index in [2.05, 4.69) is 9.71 Å². The summed E-state index contributed by atoms with van der Waals surface area (Å²) in [5.74, 6) is -0.780. The summed E-state index contributed by atoms with van der Waals surface area (Å²) < 4.78 is 31.0. The van der Waals surface area contributed by atoms with Gasteiger partial charge in [-0.3, -0.25) is 14.5 Å². The summed E-state index contributed by atoms with van der Waals surface area (Å²) in [5, 5.41) is 8.71. The summed E-state index contributed by atoms with van der Waals surface area (Å²) in [7, 11) is -2.18. The average Bonchev–Trinajstić information content (AvgIpc) is 2.66. The van der Waals surface area contributed by atoms with Crippen LogP contribution in [0.25, 0.3) is 0 Å². The van der Waals surface area contributed by atoms with Crippen LogP contribution in [0.3, 0.4) is 0 Å². The van der Waals surface area contributed by atoms with E-state index in [1.165, 1.54) is 13.2 Å². The molecule has 0 aliphatic carbocycles. The number of carbonyl (C=O) groups is 1. The molecule has 108 valence electrons. The lowest BCUT2D eigenvalue weighted by Gasteiger charge is -2.10. The number of sulfonamides is 1. The molecule has 8 heteroatoms. The predicted octanol–water partition coefficient (Wildman–Crippen LogP) is 0.215. The lowest BCUT2D eigenvalue weighted by Crippen LogP contribution is -2.25. The van der Waals surface area contributed by atoms with Gasteiger partial charge in [0.05, 0.1) is 24.0 Å². The van der Waals surface area contributed by atoms with Crippen molar-refractivity contribution in [2.75, 3.05) is 13.7 Å². The number of fused-ring (bicyclic) bond motifs is 1. The molecule has 1 atom stereocenters. The van der Waals surface area contributed by atoms with Gasteiger partial charge in [-0.15, -0.1) is 0 Å². The zero-order valence-electron chi connectivity index (χ0n) is 10.7. The van der Waals surface area contributed by atoms with E-state index in [4.69, 9.17) is 9.84 Å². The number of benzene rings is 1. The third-order valence-corrected chi connectivity index (χ3v) is 4.25. The van der Waals surface area contributed by atoms with Gasteiger partial charge in [0.25, 0.3) is 10.0 Å². The van der Waals surface area contributed by atoms with Crippen molar-refractivity contribution in [2.24, 2.45) is 4.99 Å². The molecule has 1 aliphatic rings. The summed E-state index contributed by atoms with van der Waals surface area (Å²) in [5.41, 5.74) is 0.484. The van der Waals surface area contributed by atoms with Crippen LogP contribution in [-0.4, -0.2) is 45.1 Å². The van der Waals surface area contributed by atoms with Crippen molar-refractivity contribution in [3.8, 4) is 0 Å². The number of ether oxygens (including phenoxy) is 1. The minimum absolute atomic E-state index is 0.0645. The van der Waals surface area contributed by atoms with Crippen LogP contribution >= 0.6 is 0 Å². The largest absolute Gasteiger partial charge is 0.481 e. The molecular weight excluding hydrogens is 284 g/mol. The van der Waals surface area contributed by atoms with E-state index in [0.717, 1.165) is 0 Å². The number of carboxylic acid groups (broad SMARTS) is 1. The number of amidine groups is 1. The van der Waals surface area contributed by atoms with Crippen LogP contribution in [0.5, 0.6) is 0 Å². The summed E-state index contributed by atoms with van der Waals surface area (Å²) in [6, 6.07) is 6.47. The Morgan fingerprint density at radius 1 is 1.45 bits per heavy atom. The van der Waals surface area contributed by atoms with Crippen LogP contribution < -0.4 is 4.72 Å². The van der Waals surface area contributed by atoms with E-state index in [-0.39, 0.29) is 23.7 Å². The molecule has 0 fully saturated rings. The number of carboxylic acids is 1. The Labute approximate surface area is 116 Å². The maximum atomic E-state index is 11.8. The van der Waals surface area contributed by atoms with Gasteiger partial charge in [0.2, 0.25) is 0 Å². The van der Waals surface area contributed by atoms with Gasteiger partial charge in [-0.25, -0.2) is 8.42 Å². The van der Waals surface area contributed by atoms with E-state index in [9.17, 15) is 13.2 Å². The molecule has 0 aromatic heterocycles. The molecule has 1 unspecified atom stereocenters. The molecule has 1 aliphatic heterocycles. The SMILES string of the molecule is COC(CN=C1NS(=O)(=O)c2ccccc21)CC(=O)O. The molecule has 1 aromatic rings. The van der Waals surface area contributed by atoms with Crippen molar-refractivity contribution in [2.45, 2.75) is 17.4 Å². The lowest BCUT2D eigenvalue weighted by atomic mass is 10.2. The van der Waals surface area contributed by atoms with Crippen LogP contribution in [0.1, 0.15) is 12.0 Å². The Hall–Kier alpha value is -1.93. The smallest absolute Gasteiger partial charge is 0.306 e. The van der Waals surface area contributed by atoms with Gasteiger partial charge in [0.15, 0.2) is 0 Å². The first kappa shape index (κ1) is 14.5. The van der Waals surface area contributed by atoms with Crippen molar-refractivity contribution in [1.29, 1.82) is 0 Å². The van der Waals surface area contributed by atoms with Gasteiger partial charge >= 0.3 is 5.97 Å². The first-order valence-electron chi connectivity index (χ1n) is 5.85. The van der Waals surface area contributed by atoms with Crippen molar-refractivity contribution >= 4 is 21.8 Å². The first-order valence-corrected chi connectivity index (χ1v) is 7.33. The van der Waals surface area contributed by atoms with E-state index >= 15 is 0 Å². The number of hydrogen-bond acceptors (Lipinski definition) is 5. The van der Waals surface area contributed by atoms with Crippen molar-refractivity contribution in [3.05, 3.63) is 29.8 Å². The van der Waals surface area contributed by atoms with Gasteiger partial charge in [-0.1, -0.05) is 12.1 Å². The van der Waals surface area contributed by atoms with Gasteiger partial charge in [-0.05, 0) is 12.1 Å². The fourth-order valence-corrected chi connectivity index (χ4v) is 3.11. The second-order valence-corrected chi connectivity index (χ2v) is 5.90. The van der Waals surface area contributed by atoms with Crippen molar-refractivity contribution < 1.29 is 23.1 Å². The zero-order valence-corrected chi connectivity index (χ0v) is 11.6. The Kier molecular flexibility index (Phi) is 4.05.